The molecule has 0 aromatic heterocycles. The van der Waals surface area contributed by atoms with Crippen molar-refractivity contribution in [3.8, 4) is 0 Å². The lowest BCUT2D eigenvalue weighted by Gasteiger charge is -2.26. The van der Waals surface area contributed by atoms with Gasteiger partial charge in [0, 0.05) is 0 Å². The first-order valence-electron chi connectivity index (χ1n) is 12.6. The molecule has 0 aromatic rings. The fraction of sp³-hybridized carbons (Fsp3) is 0.500. The lowest BCUT2D eigenvalue weighted by molar-refractivity contribution is -0.878. The van der Waals surface area contributed by atoms with E-state index in [1.807, 2.05) is 48.6 Å². The Labute approximate surface area is 398 Å². The lowest BCUT2D eigenvalue weighted by atomic mass is 10.4. The molecule has 50 heavy (non-hydrogen) atoms. The summed E-state index contributed by atoms with van der Waals surface area (Å²) in [6.45, 7) is 37.5. The van der Waals surface area contributed by atoms with Crippen LogP contribution in [-0.2, 0) is 0 Å². The van der Waals surface area contributed by atoms with E-state index in [1.165, 1.54) is 0 Å². The quantitative estimate of drug-likeness (QED) is 0.124. The van der Waals surface area contributed by atoms with Gasteiger partial charge in [-0.25, -0.2) is 0 Å². The number of rotatable bonds is 16. The van der Waals surface area contributed by atoms with Crippen molar-refractivity contribution < 1.29 is 67.6 Å². The van der Waals surface area contributed by atoms with Crippen LogP contribution in [0.1, 0.15) is 0 Å². The predicted octanol–water partition coefficient (Wildman–Crippen LogP) is -2.03. The molecule has 0 aliphatic carbocycles. The van der Waals surface area contributed by atoms with Crippen molar-refractivity contribution in [1.29, 1.82) is 0 Å². The highest BCUT2D eigenvalue weighted by atomic mass is 35.5. The lowest BCUT2D eigenvalue weighted by Crippen LogP contribution is -3.00. The van der Waals surface area contributed by atoms with Crippen LogP contribution in [0.4, 0.5) is 0 Å². The highest BCUT2D eigenvalue weighted by molar-refractivity contribution is 5.86. The number of nitrogens with zero attached hydrogens (tertiary/aromatic N) is 4. The van der Waals surface area contributed by atoms with Crippen LogP contribution in [0.2, 0.25) is 0 Å². The number of likely N-dealkylation sites (N-methyl/N-ethyl adjacent to an activating group) is 4. The van der Waals surface area contributed by atoms with E-state index in [4.69, 9.17) is 0 Å². The van der Waals surface area contributed by atoms with Crippen molar-refractivity contribution in [3.05, 3.63) is 101 Å². The molecule has 0 N–H and O–H groups in total. The van der Waals surface area contributed by atoms with E-state index in [2.05, 4.69) is 109 Å². The summed E-state index contributed by atoms with van der Waals surface area (Å²) in [5, 5.41) is 0. The number of halogens is 14. The molecule has 0 spiro atoms. The third-order valence-corrected chi connectivity index (χ3v) is 4.99. The number of hydrogen-bond acceptors (Lipinski definition) is 0. The van der Waals surface area contributed by atoms with Crippen molar-refractivity contribution in [2.24, 2.45) is 0 Å². The second-order valence-electron chi connectivity index (χ2n) is 11.5. The van der Waals surface area contributed by atoms with Gasteiger partial charge in [-0.15, -0.1) is 124 Å². The average molecular weight is 1010 g/mol. The minimum atomic E-state index is 0. The van der Waals surface area contributed by atoms with Gasteiger partial charge in [0.2, 0.25) is 0 Å². The van der Waals surface area contributed by atoms with Gasteiger partial charge in [0.05, 0.1) is 109 Å². The molecule has 0 saturated carbocycles. The van der Waals surface area contributed by atoms with Crippen molar-refractivity contribution in [1.82, 2.24) is 0 Å². The third kappa shape index (κ3) is 104. The minimum Gasteiger partial charge on any atom is -1.00 e. The molecule has 0 aliphatic heterocycles. The molecular formula is C32H74Cl14N4. The molecule has 18 heteroatoms. The van der Waals surface area contributed by atoms with Gasteiger partial charge in [-0.1, -0.05) is 52.6 Å². The molecule has 0 saturated heterocycles. The summed E-state index contributed by atoms with van der Waals surface area (Å²) in [6, 6.07) is 0. The van der Waals surface area contributed by atoms with Crippen LogP contribution in [0.3, 0.4) is 0 Å². The summed E-state index contributed by atoms with van der Waals surface area (Å²) in [7, 11) is 17.2. The van der Waals surface area contributed by atoms with Gasteiger partial charge >= 0.3 is 0 Å². The maximum Gasteiger partial charge on any atom is 0.0969 e. The van der Waals surface area contributed by atoms with Crippen LogP contribution >= 0.6 is 124 Å². The fourth-order valence-electron chi connectivity index (χ4n) is 3.09. The Hall–Kier alpha value is 1.82. The number of quaternary nitrogens is 4. The molecule has 0 aliphatic rings. The van der Waals surface area contributed by atoms with E-state index in [0.717, 1.165) is 70.3 Å². The van der Waals surface area contributed by atoms with E-state index in [9.17, 15) is 0 Å². The van der Waals surface area contributed by atoms with Crippen LogP contribution in [0.15, 0.2) is 101 Å². The Morgan fingerprint density at radius 1 is 0.240 bits per heavy atom. The summed E-state index contributed by atoms with van der Waals surface area (Å²) < 4.78 is 3.81. The first-order chi connectivity index (χ1) is 16.5. The molecule has 0 bridgehead atoms. The van der Waals surface area contributed by atoms with Gasteiger partial charge in [-0.05, 0) is 48.6 Å². The maximum absolute atomic E-state index is 3.68. The van der Waals surface area contributed by atoms with E-state index < -0.39 is 0 Å². The first kappa shape index (κ1) is 117. The summed E-state index contributed by atoms with van der Waals surface area (Å²) in [6.07, 6.45) is 15.5. The molecule has 0 aromatic carbocycles. The van der Waals surface area contributed by atoms with Crippen LogP contribution in [0.5, 0.6) is 0 Å². The van der Waals surface area contributed by atoms with Crippen molar-refractivity contribution in [2.75, 3.05) is 109 Å². The van der Waals surface area contributed by atoms with Gasteiger partial charge in [0.15, 0.2) is 0 Å². The van der Waals surface area contributed by atoms with E-state index >= 15 is 0 Å². The molecule has 0 amide bonds. The number of hydrogen-bond donors (Lipinski definition) is 0. The zero-order chi connectivity index (χ0) is 29.3. The normalized spacial score (nSPS) is 7.84. The molecule has 0 fully saturated rings. The van der Waals surface area contributed by atoms with E-state index in [1.54, 1.807) is 0 Å². The minimum absolute atomic E-state index is 0. The monoisotopic (exact) mass is 1000 g/mol. The van der Waals surface area contributed by atoms with E-state index in [-0.39, 0.29) is 174 Å². The largest absolute Gasteiger partial charge is 1.00 e. The highest BCUT2D eigenvalue weighted by Crippen LogP contribution is 1.97. The van der Waals surface area contributed by atoms with Crippen molar-refractivity contribution in [3.63, 3.8) is 0 Å². The third-order valence-electron chi connectivity index (χ3n) is 4.99. The molecule has 0 radical (unpaired) electrons. The topological polar surface area (TPSA) is 0 Å². The van der Waals surface area contributed by atoms with E-state index in [0.29, 0.717) is 0 Å². The van der Waals surface area contributed by atoms with Gasteiger partial charge < -0.3 is 67.6 Å². The smallest absolute Gasteiger partial charge is 0.0969 e. The van der Waals surface area contributed by atoms with Crippen molar-refractivity contribution >= 4 is 124 Å². The zero-order valence-electron chi connectivity index (χ0n) is 31.3. The summed E-state index contributed by atoms with van der Waals surface area (Å²) in [4.78, 5) is 0. The van der Waals surface area contributed by atoms with Gasteiger partial charge in [-0.3, -0.25) is 0 Å². The van der Waals surface area contributed by atoms with Crippen LogP contribution in [0.25, 0.3) is 0 Å². The highest BCUT2D eigenvalue weighted by Gasteiger charge is 2.09. The molecule has 0 atom stereocenters. The summed E-state index contributed by atoms with van der Waals surface area (Å²) in [5.74, 6) is 0. The second kappa shape index (κ2) is 72.1. The van der Waals surface area contributed by atoms with Crippen molar-refractivity contribution in [2.45, 2.75) is 0 Å². The Morgan fingerprint density at radius 3 is 0.340 bits per heavy atom. The van der Waals surface area contributed by atoms with Crippen LogP contribution < -0.4 is 49.6 Å². The van der Waals surface area contributed by atoms with Gasteiger partial charge in [-0.2, -0.15) is 0 Å². The molecule has 4 nitrogen and oxygen atoms in total. The molecule has 0 rings (SSSR count). The molecular weight excluding hydrogens is 937 g/mol. The SMILES string of the molecule is C=CC[N+](C)(C)CC=C.C=CC[N+](C)(C)CC=C.C=CC[N+](C)(C)CC=C.C=CC[N+](C)(C)CC=C.Cl.Cl.Cl.Cl.Cl.Cl.Cl.Cl.Cl.Cl.[Cl-].[Cl-].[Cl-].[Cl-]. The van der Waals surface area contributed by atoms with Gasteiger partial charge in [0.25, 0.3) is 0 Å². The average Bonchev–Trinajstić information content (AvgIpc) is 2.69. The fourth-order valence-corrected chi connectivity index (χ4v) is 3.09. The Morgan fingerprint density at radius 2 is 0.300 bits per heavy atom. The maximum atomic E-state index is 3.68. The summed E-state index contributed by atoms with van der Waals surface area (Å²) in [5.41, 5.74) is 0. The Bertz CT molecular complexity index is 519. The summed E-state index contributed by atoms with van der Waals surface area (Å²) >= 11 is 0. The molecule has 0 unspecified atom stereocenters. The Kier molecular flexibility index (Phi) is 169. The standard InChI is InChI=1S/4C8H16N.14ClH/c4*1-5-7-9(3,4)8-6-2;;;;;;;;;;;;;;/h4*5-6H,1-2,7-8H2,3-4H3;14*1H/q4*+1;;;;;;;;;;;;;;/p-4. The zero-order valence-corrected chi connectivity index (χ0v) is 42.5. The predicted molar refractivity (Wildman–Crippen MR) is 241 cm³/mol. The van der Waals surface area contributed by atoms with Crippen LogP contribution in [0, 0.1) is 0 Å². The Balaban J connectivity index is -0.0000000156. The first-order valence-corrected chi connectivity index (χ1v) is 12.6. The second-order valence-corrected chi connectivity index (χ2v) is 11.5. The van der Waals surface area contributed by atoms with Crippen LogP contribution in [-0.4, -0.2) is 127 Å². The molecule has 320 valence electrons. The molecule has 0 heterocycles. The van der Waals surface area contributed by atoms with Gasteiger partial charge in [0.1, 0.15) is 0 Å².